The molecule has 1 aliphatic heterocycles. The van der Waals surface area contributed by atoms with Crippen LogP contribution in [0.1, 0.15) is 16.8 Å². The van der Waals surface area contributed by atoms with Gasteiger partial charge in [-0.05, 0) is 17.7 Å². The van der Waals surface area contributed by atoms with Crippen molar-refractivity contribution in [1.29, 1.82) is 0 Å². The van der Waals surface area contributed by atoms with Gasteiger partial charge < -0.3 is 0 Å². The molecular weight excluding hydrogens is 338 g/mol. The van der Waals surface area contributed by atoms with Gasteiger partial charge in [0.05, 0.1) is 11.3 Å². The maximum absolute atomic E-state index is 12.2. The van der Waals surface area contributed by atoms with Crippen molar-refractivity contribution in [2.24, 2.45) is 0 Å². The van der Waals surface area contributed by atoms with Gasteiger partial charge >= 0.3 is 0 Å². The molecule has 1 aliphatic rings. The number of nitrogens with one attached hydrogen (secondary N) is 1. The van der Waals surface area contributed by atoms with E-state index in [2.05, 4.69) is 14.9 Å². The summed E-state index contributed by atoms with van der Waals surface area (Å²) in [5.74, 6) is 0. The fraction of sp³-hybridized carbons (Fsp3) is 0.333. The molecule has 0 fully saturated rings. The van der Waals surface area contributed by atoms with Crippen LogP contribution in [0.15, 0.2) is 34.2 Å². The summed E-state index contributed by atoms with van der Waals surface area (Å²) in [7, 11) is -3.52. The Kier molecular flexibility index (Phi) is 4.27. The van der Waals surface area contributed by atoms with Crippen molar-refractivity contribution in [3.63, 3.8) is 0 Å². The van der Waals surface area contributed by atoms with Crippen LogP contribution < -0.4 is 5.56 Å². The van der Waals surface area contributed by atoms with Crippen molar-refractivity contribution >= 4 is 21.4 Å². The first-order chi connectivity index (χ1) is 10.8. The van der Waals surface area contributed by atoms with E-state index in [1.165, 1.54) is 0 Å². The van der Waals surface area contributed by atoms with Crippen LogP contribution in [0.2, 0.25) is 5.02 Å². The van der Waals surface area contributed by atoms with Crippen LogP contribution in [0, 0.1) is 0 Å². The molecule has 23 heavy (non-hydrogen) atoms. The van der Waals surface area contributed by atoms with Crippen LogP contribution in [0.5, 0.6) is 0 Å². The average Bonchev–Trinajstić information content (AvgIpc) is 2.49. The molecule has 8 heteroatoms. The van der Waals surface area contributed by atoms with Gasteiger partial charge in [-0.25, -0.2) is 13.4 Å². The van der Waals surface area contributed by atoms with Gasteiger partial charge in [-0.1, -0.05) is 23.7 Å². The van der Waals surface area contributed by atoms with Gasteiger partial charge in [-0.3, -0.25) is 14.7 Å². The second kappa shape index (κ2) is 6.07. The first kappa shape index (κ1) is 16.2. The minimum atomic E-state index is -3.52. The SMILES string of the molecule is CS(=O)(=O)c1nc2c(c(=O)[nH]1)CN(Cc1ccc(Cl)cc1)CC2. The van der Waals surface area contributed by atoms with E-state index >= 15 is 0 Å². The lowest BCUT2D eigenvalue weighted by Crippen LogP contribution is -2.36. The molecule has 122 valence electrons. The zero-order valence-corrected chi connectivity index (χ0v) is 14.1. The molecule has 0 saturated carbocycles. The van der Waals surface area contributed by atoms with Gasteiger partial charge in [0.25, 0.3) is 5.56 Å². The summed E-state index contributed by atoms with van der Waals surface area (Å²) in [5, 5.41) is 0.430. The highest BCUT2D eigenvalue weighted by molar-refractivity contribution is 7.90. The Hall–Kier alpha value is -1.70. The van der Waals surface area contributed by atoms with Gasteiger partial charge in [-0.2, -0.15) is 0 Å². The standard InChI is InChI=1S/C15H16ClN3O3S/c1-23(21,22)15-17-13-6-7-19(9-12(13)14(20)18-15)8-10-2-4-11(16)5-3-10/h2-5H,6-9H2,1H3,(H,17,18,20). The van der Waals surface area contributed by atoms with Crippen molar-refractivity contribution in [3.8, 4) is 0 Å². The van der Waals surface area contributed by atoms with Gasteiger partial charge in [0.15, 0.2) is 0 Å². The van der Waals surface area contributed by atoms with E-state index in [0.29, 0.717) is 35.8 Å². The van der Waals surface area contributed by atoms with E-state index in [1.807, 2.05) is 24.3 Å². The maximum atomic E-state index is 12.2. The lowest BCUT2D eigenvalue weighted by atomic mass is 10.1. The number of aromatic nitrogens is 2. The van der Waals surface area contributed by atoms with E-state index in [0.717, 1.165) is 18.4 Å². The molecule has 0 bridgehead atoms. The van der Waals surface area contributed by atoms with Gasteiger partial charge in [0.1, 0.15) is 0 Å². The molecule has 1 aromatic carbocycles. The molecule has 0 radical (unpaired) electrons. The summed E-state index contributed by atoms with van der Waals surface area (Å²) in [6.45, 7) is 1.86. The van der Waals surface area contributed by atoms with E-state index in [-0.39, 0.29) is 10.7 Å². The topological polar surface area (TPSA) is 83.1 Å². The third kappa shape index (κ3) is 3.63. The Balaban J connectivity index is 1.84. The Morgan fingerprint density at radius 1 is 1.30 bits per heavy atom. The number of benzene rings is 1. The third-order valence-corrected chi connectivity index (χ3v) is 4.94. The van der Waals surface area contributed by atoms with E-state index in [4.69, 9.17) is 11.6 Å². The fourth-order valence-corrected chi connectivity index (χ4v) is 3.30. The van der Waals surface area contributed by atoms with Crippen LogP contribution >= 0.6 is 11.6 Å². The lowest BCUT2D eigenvalue weighted by Gasteiger charge is -2.27. The number of sulfone groups is 1. The smallest absolute Gasteiger partial charge is 0.256 e. The number of hydrogen-bond donors (Lipinski definition) is 1. The van der Waals surface area contributed by atoms with E-state index in [9.17, 15) is 13.2 Å². The highest BCUT2D eigenvalue weighted by Gasteiger charge is 2.23. The molecule has 2 aromatic rings. The van der Waals surface area contributed by atoms with Crippen LogP contribution in [-0.4, -0.2) is 36.1 Å². The number of H-pyrrole nitrogens is 1. The molecular formula is C15H16ClN3O3S. The normalized spacial score (nSPS) is 15.4. The number of fused-ring (bicyclic) bond motifs is 1. The fourth-order valence-electron chi connectivity index (χ4n) is 2.62. The van der Waals surface area contributed by atoms with Crippen molar-refractivity contribution in [2.75, 3.05) is 12.8 Å². The Labute approximate surface area is 139 Å². The Bertz CT molecular complexity index is 891. The first-order valence-electron chi connectivity index (χ1n) is 7.12. The summed E-state index contributed by atoms with van der Waals surface area (Å²) in [6, 6.07) is 7.57. The zero-order chi connectivity index (χ0) is 16.6. The van der Waals surface area contributed by atoms with Crippen molar-refractivity contribution in [1.82, 2.24) is 14.9 Å². The predicted molar refractivity (Wildman–Crippen MR) is 87.2 cm³/mol. The molecule has 0 unspecified atom stereocenters. The van der Waals surface area contributed by atoms with Crippen LogP contribution in [-0.2, 0) is 29.3 Å². The number of hydrogen-bond acceptors (Lipinski definition) is 5. The number of halogens is 1. The number of nitrogens with zero attached hydrogens (tertiary/aromatic N) is 2. The molecule has 0 atom stereocenters. The summed E-state index contributed by atoms with van der Waals surface area (Å²) < 4.78 is 23.1. The third-order valence-electron chi connectivity index (χ3n) is 3.80. The second-order valence-electron chi connectivity index (χ2n) is 5.66. The Morgan fingerprint density at radius 3 is 2.65 bits per heavy atom. The second-order valence-corrected chi connectivity index (χ2v) is 8.02. The molecule has 1 aromatic heterocycles. The maximum Gasteiger partial charge on any atom is 0.256 e. The summed E-state index contributed by atoms with van der Waals surface area (Å²) in [5.41, 5.74) is 1.84. The Morgan fingerprint density at radius 2 is 2.00 bits per heavy atom. The monoisotopic (exact) mass is 353 g/mol. The molecule has 1 N–H and O–H groups in total. The summed E-state index contributed by atoms with van der Waals surface area (Å²) >= 11 is 5.88. The van der Waals surface area contributed by atoms with E-state index < -0.39 is 9.84 Å². The average molecular weight is 354 g/mol. The van der Waals surface area contributed by atoms with Gasteiger partial charge in [-0.15, -0.1) is 0 Å². The number of aromatic amines is 1. The molecule has 0 amide bonds. The quantitative estimate of drug-likeness (QED) is 0.843. The highest BCUT2D eigenvalue weighted by atomic mass is 35.5. The van der Waals surface area contributed by atoms with Crippen molar-refractivity contribution in [2.45, 2.75) is 24.7 Å². The molecule has 0 aliphatic carbocycles. The zero-order valence-electron chi connectivity index (χ0n) is 12.5. The van der Waals surface area contributed by atoms with Crippen molar-refractivity contribution in [3.05, 3.63) is 56.5 Å². The summed E-state index contributed by atoms with van der Waals surface area (Å²) in [6.07, 6.45) is 1.59. The summed E-state index contributed by atoms with van der Waals surface area (Å²) in [4.78, 5) is 20.8. The predicted octanol–water partition coefficient (Wildman–Crippen LogP) is 1.39. The van der Waals surface area contributed by atoms with Crippen LogP contribution in [0.4, 0.5) is 0 Å². The highest BCUT2D eigenvalue weighted by Crippen LogP contribution is 2.18. The van der Waals surface area contributed by atoms with Crippen LogP contribution in [0.3, 0.4) is 0 Å². The molecule has 0 spiro atoms. The van der Waals surface area contributed by atoms with E-state index in [1.54, 1.807) is 0 Å². The lowest BCUT2D eigenvalue weighted by molar-refractivity contribution is 0.241. The first-order valence-corrected chi connectivity index (χ1v) is 9.39. The number of rotatable bonds is 3. The van der Waals surface area contributed by atoms with Gasteiger partial charge in [0, 0.05) is 37.3 Å². The molecule has 3 rings (SSSR count). The molecule has 6 nitrogen and oxygen atoms in total. The molecule has 2 heterocycles. The van der Waals surface area contributed by atoms with Crippen LogP contribution in [0.25, 0.3) is 0 Å². The molecule has 0 saturated heterocycles. The van der Waals surface area contributed by atoms with Crippen molar-refractivity contribution < 1.29 is 8.42 Å². The minimum absolute atomic E-state index is 0.257. The largest absolute Gasteiger partial charge is 0.297 e. The minimum Gasteiger partial charge on any atom is -0.297 e. The van der Waals surface area contributed by atoms with Gasteiger partial charge in [0.2, 0.25) is 15.0 Å².